The van der Waals surface area contributed by atoms with Gasteiger partial charge in [0.1, 0.15) is 6.61 Å². The highest BCUT2D eigenvalue weighted by Gasteiger charge is 2.42. The van der Waals surface area contributed by atoms with Gasteiger partial charge in [-0.1, -0.05) is 0 Å². The lowest BCUT2D eigenvalue weighted by molar-refractivity contribution is -0.140. The molecule has 2 heterocycles. The summed E-state index contributed by atoms with van der Waals surface area (Å²) in [7, 11) is 0. The van der Waals surface area contributed by atoms with Gasteiger partial charge < -0.3 is 14.5 Å². The minimum absolute atomic E-state index is 0.119. The maximum Gasteiger partial charge on any atom is 0.302 e. The Balaban J connectivity index is 1.97. The van der Waals surface area contributed by atoms with Crippen LogP contribution in [0.1, 0.15) is 13.8 Å². The number of carbonyl (C=O) groups is 3. The van der Waals surface area contributed by atoms with E-state index in [1.54, 1.807) is 6.92 Å². The maximum atomic E-state index is 12.6. The van der Waals surface area contributed by atoms with Crippen molar-refractivity contribution >= 4 is 17.5 Å². The number of nitrogens with zero attached hydrogens (tertiary/aromatic N) is 2. The zero-order chi connectivity index (χ0) is 14.4. The summed E-state index contributed by atoms with van der Waals surface area (Å²) in [4.78, 5) is 39.8. The zero-order valence-corrected chi connectivity index (χ0v) is 11.6. The number of hydrogen-bond donors (Lipinski definition) is 0. The second-order valence-electron chi connectivity index (χ2n) is 5.21. The van der Waals surface area contributed by atoms with Crippen molar-refractivity contribution in [2.75, 3.05) is 32.8 Å². The van der Waals surface area contributed by atoms with Crippen LogP contribution in [0.3, 0.4) is 0 Å². The molecule has 0 spiro atoms. The van der Waals surface area contributed by atoms with Crippen LogP contribution in [-0.4, -0.2) is 60.1 Å². The Labute approximate surface area is 116 Å². The van der Waals surface area contributed by atoms with Crippen LogP contribution in [-0.2, 0) is 19.1 Å². The number of ether oxygens (including phenoxy) is 1. The molecular formula is C14H16N2O4. The van der Waals surface area contributed by atoms with Crippen LogP contribution in [0.4, 0.5) is 0 Å². The van der Waals surface area contributed by atoms with E-state index in [9.17, 15) is 14.4 Å². The van der Waals surface area contributed by atoms with E-state index in [0.717, 1.165) is 26.2 Å². The molecule has 0 aromatic carbocycles. The van der Waals surface area contributed by atoms with E-state index in [0.29, 0.717) is 22.5 Å². The molecular weight excluding hydrogens is 260 g/mol. The largest absolute Gasteiger partial charge is 0.461 e. The Bertz CT molecular complexity index is 580. The number of esters is 1. The van der Waals surface area contributed by atoms with Crippen molar-refractivity contribution in [1.29, 1.82) is 0 Å². The first-order valence-electron chi connectivity index (χ1n) is 6.67. The fraction of sp³-hybridized carbons (Fsp3) is 0.500. The molecule has 0 aromatic rings. The zero-order valence-electron chi connectivity index (χ0n) is 11.6. The summed E-state index contributed by atoms with van der Waals surface area (Å²) in [5.74, 6) is -0.753. The van der Waals surface area contributed by atoms with Crippen molar-refractivity contribution in [3.63, 3.8) is 0 Å². The van der Waals surface area contributed by atoms with Gasteiger partial charge in [0.15, 0.2) is 0 Å². The summed E-state index contributed by atoms with van der Waals surface area (Å²) < 4.78 is 4.95. The molecule has 2 fully saturated rings. The van der Waals surface area contributed by atoms with E-state index in [-0.39, 0.29) is 18.2 Å². The molecule has 0 unspecified atom stereocenters. The molecule has 0 bridgehead atoms. The lowest BCUT2D eigenvalue weighted by atomic mass is 9.91. The molecule has 106 valence electrons. The smallest absolute Gasteiger partial charge is 0.302 e. The summed E-state index contributed by atoms with van der Waals surface area (Å²) in [5, 5.41) is 0. The molecule has 0 N–H and O–H groups in total. The summed E-state index contributed by atoms with van der Waals surface area (Å²) in [6.07, 6.45) is 0. The first kappa shape index (κ1) is 12.9. The van der Waals surface area contributed by atoms with E-state index in [1.165, 1.54) is 6.92 Å². The Morgan fingerprint density at radius 3 is 2.10 bits per heavy atom. The lowest BCUT2D eigenvalue weighted by Crippen LogP contribution is -2.31. The molecule has 6 heteroatoms. The first-order valence-corrected chi connectivity index (χ1v) is 6.67. The van der Waals surface area contributed by atoms with Crippen molar-refractivity contribution < 1.29 is 19.1 Å². The quantitative estimate of drug-likeness (QED) is 0.404. The standard InChI is InChI=1S/C14H16N2O4/c1-8-11(15-3-4-15)14(19)10(7-20-9(2)17)12(13(8)18)16-5-6-16/h3-7H2,1-2H3. The molecule has 0 aromatic heterocycles. The van der Waals surface area contributed by atoms with Crippen LogP contribution in [0.15, 0.2) is 22.5 Å². The normalized spacial score (nSPS) is 21.7. The van der Waals surface area contributed by atoms with Gasteiger partial charge in [-0.25, -0.2) is 0 Å². The van der Waals surface area contributed by atoms with Crippen LogP contribution in [0.5, 0.6) is 0 Å². The molecule has 3 aliphatic rings. The van der Waals surface area contributed by atoms with Gasteiger partial charge in [0.05, 0.1) is 17.0 Å². The molecule has 0 radical (unpaired) electrons. The molecule has 20 heavy (non-hydrogen) atoms. The number of ketones is 2. The van der Waals surface area contributed by atoms with Crippen LogP contribution in [0.2, 0.25) is 0 Å². The molecule has 2 saturated heterocycles. The Morgan fingerprint density at radius 2 is 1.60 bits per heavy atom. The highest BCUT2D eigenvalue weighted by molar-refractivity contribution is 6.25. The van der Waals surface area contributed by atoms with Gasteiger partial charge in [-0.15, -0.1) is 0 Å². The van der Waals surface area contributed by atoms with Gasteiger partial charge in [-0.05, 0) is 6.92 Å². The van der Waals surface area contributed by atoms with E-state index in [2.05, 4.69) is 0 Å². The van der Waals surface area contributed by atoms with Crippen molar-refractivity contribution in [1.82, 2.24) is 9.80 Å². The highest BCUT2D eigenvalue weighted by Crippen LogP contribution is 2.33. The SMILES string of the molecule is CC(=O)OCC1=C(N2CC2)C(=O)C(C)=C(N2CC2)C1=O. The van der Waals surface area contributed by atoms with Gasteiger partial charge >= 0.3 is 5.97 Å². The fourth-order valence-corrected chi connectivity index (χ4v) is 2.41. The second kappa shape index (κ2) is 4.47. The van der Waals surface area contributed by atoms with Crippen LogP contribution < -0.4 is 0 Å². The highest BCUT2D eigenvalue weighted by atomic mass is 16.5. The number of carbonyl (C=O) groups excluding carboxylic acids is 3. The number of allylic oxidation sites excluding steroid dienone is 2. The molecule has 1 aliphatic carbocycles. The Kier molecular flexibility index (Phi) is 2.88. The topological polar surface area (TPSA) is 66.5 Å². The van der Waals surface area contributed by atoms with Gasteiger partial charge in [0.2, 0.25) is 11.6 Å². The van der Waals surface area contributed by atoms with Crippen molar-refractivity contribution in [2.24, 2.45) is 0 Å². The van der Waals surface area contributed by atoms with Crippen molar-refractivity contribution in [3.05, 3.63) is 22.5 Å². The third kappa shape index (κ3) is 2.11. The van der Waals surface area contributed by atoms with E-state index < -0.39 is 5.97 Å². The van der Waals surface area contributed by atoms with Crippen molar-refractivity contribution in [3.8, 4) is 0 Å². The Hall–Kier alpha value is -2.11. The number of hydrogen-bond acceptors (Lipinski definition) is 6. The predicted molar refractivity (Wildman–Crippen MR) is 69.5 cm³/mol. The fourth-order valence-electron chi connectivity index (χ4n) is 2.41. The predicted octanol–water partition coefficient (Wildman–Crippen LogP) is -0.139. The van der Waals surface area contributed by atoms with Crippen LogP contribution in [0, 0.1) is 0 Å². The minimum atomic E-state index is -0.456. The minimum Gasteiger partial charge on any atom is -0.461 e. The average Bonchev–Trinajstić information content (AvgIpc) is 3.24. The third-order valence-corrected chi connectivity index (χ3v) is 3.63. The molecule has 0 amide bonds. The van der Waals surface area contributed by atoms with Gasteiger partial charge in [0.25, 0.3) is 0 Å². The lowest BCUT2D eigenvalue weighted by Gasteiger charge is -2.23. The summed E-state index contributed by atoms with van der Waals surface area (Å²) in [6, 6.07) is 0. The van der Waals surface area contributed by atoms with Crippen molar-refractivity contribution in [2.45, 2.75) is 13.8 Å². The van der Waals surface area contributed by atoms with Crippen LogP contribution in [0.25, 0.3) is 0 Å². The second-order valence-corrected chi connectivity index (χ2v) is 5.21. The van der Waals surface area contributed by atoms with Crippen LogP contribution >= 0.6 is 0 Å². The Morgan fingerprint density at radius 1 is 1.05 bits per heavy atom. The average molecular weight is 276 g/mol. The van der Waals surface area contributed by atoms with Gasteiger partial charge in [0, 0.05) is 38.7 Å². The summed E-state index contributed by atoms with van der Waals surface area (Å²) in [5.41, 5.74) is 1.71. The van der Waals surface area contributed by atoms with E-state index in [4.69, 9.17) is 4.74 Å². The summed E-state index contributed by atoms with van der Waals surface area (Å²) in [6.45, 7) is 5.99. The number of rotatable bonds is 4. The first-order chi connectivity index (χ1) is 9.50. The van der Waals surface area contributed by atoms with Gasteiger partial charge in [-0.3, -0.25) is 14.4 Å². The molecule has 0 saturated carbocycles. The maximum absolute atomic E-state index is 12.6. The molecule has 6 nitrogen and oxygen atoms in total. The van der Waals surface area contributed by atoms with E-state index >= 15 is 0 Å². The summed E-state index contributed by atoms with van der Waals surface area (Å²) >= 11 is 0. The van der Waals surface area contributed by atoms with E-state index in [1.807, 2.05) is 9.80 Å². The number of Topliss-reactive ketones (excluding diaryl/α,β-unsaturated/α-hetero) is 2. The van der Waals surface area contributed by atoms with Gasteiger partial charge in [-0.2, -0.15) is 0 Å². The monoisotopic (exact) mass is 276 g/mol. The molecule has 3 rings (SSSR count). The molecule has 2 aliphatic heterocycles. The molecule has 0 atom stereocenters. The third-order valence-electron chi connectivity index (χ3n) is 3.63.